The van der Waals surface area contributed by atoms with Gasteiger partial charge in [-0.15, -0.1) is 10.2 Å². The van der Waals surface area contributed by atoms with E-state index in [1.807, 2.05) is 19.1 Å². The summed E-state index contributed by atoms with van der Waals surface area (Å²) in [6.45, 7) is 4.07. The second kappa shape index (κ2) is 8.50. The average Bonchev–Trinajstić information content (AvgIpc) is 3.36. The molecule has 8 nitrogen and oxygen atoms in total. The van der Waals surface area contributed by atoms with Crippen LogP contribution >= 0.6 is 11.3 Å². The zero-order chi connectivity index (χ0) is 21.1. The molecule has 1 N–H and O–H groups in total. The van der Waals surface area contributed by atoms with Gasteiger partial charge >= 0.3 is 0 Å². The molecule has 2 heterocycles. The molecular formula is C21H21N5O3S. The van der Waals surface area contributed by atoms with Crippen LogP contribution in [0.4, 0.5) is 5.69 Å². The molecule has 0 fully saturated rings. The van der Waals surface area contributed by atoms with E-state index in [1.54, 1.807) is 48.3 Å². The third-order valence-corrected chi connectivity index (χ3v) is 5.57. The number of anilines is 1. The molecule has 2 aromatic carbocycles. The maximum absolute atomic E-state index is 12.8. The van der Waals surface area contributed by atoms with Crippen molar-refractivity contribution >= 4 is 27.9 Å². The van der Waals surface area contributed by atoms with Crippen LogP contribution in [0.15, 0.2) is 48.8 Å². The Kier molecular flexibility index (Phi) is 5.62. The van der Waals surface area contributed by atoms with Crippen molar-refractivity contribution < 1.29 is 14.3 Å². The van der Waals surface area contributed by atoms with E-state index in [1.165, 1.54) is 11.3 Å². The van der Waals surface area contributed by atoms with Gasteiger partial charge in [-0.1, -0.05) is 18.3 Å². The maximum Gasteiger partial charge on any atom is 0.255 e. The van der Waals surface area contributed by atoms with E-state index in [0.29, 0.717) is 22.0 Å². The molecule has 0 aliphatic carbocycles. The number of hydrogen-bond acceptors (Lipinski definition) is 7. The number of ether oxygens (including phenoxy) is 2. The van der Waals surface area contributed by atoms with Crippen LogP contribution in [0, 0.1) is 0 Å². The van der Waals surface area contributed by atoms with E-state index in [9.17, 15) is 4.79 Å². The quantitative estimate of drug-likeness (QED) is 0.477. The van der Waals surface area contributed by atoms with Crippen molar-refractivity contribution in [3.63, 3.8) is 0 Å². The highest BCUT2D eigenvalue weighted by Gasteiger charge is 2.14. The minimum atomic E-state index is -0.237. The number of fused-ring (bicyclic) bond motifs is 1. The fourth-order valence-corrected chi connectivity index (χ4v) is 3.63. The van der Waals surface area contributed by atoms with Crippen molar-refractivity contribution in [2.75, 3.05) is 12.4 Å². The van der Waals surface area contributed by atoms with Crippen LogP contribution in [0.25, 0.3) is 15.5 Å². The lowest BCUT2D eigenvalue weighted by Gasteiger charge is -2.13. The largest absolute Gasteiger partial charge is 0.495 e. The Morgan fingerprint density at radius 3 is 2.73 bits per heavy atom. The average molecular weight is 423 g/mol. The molecule has 1 amide bonds. The molecule has 2 aromatic heterocycles. The van der Waals surface area contributed by atoms with Crippen LogP contribution in [0.1, 0.15) is 30.6 Å². The second-order valence-corrected chi connectivity index (χ2v) is 7.65. The lowest BCUT2D eigenvalue weighted by molar-refractivity contribution is 0.102. The minimum absolute atomic E-state index is 0.126. The number of nitrogens with one attached hydrogen (secondary N) is 1. The topological polar surface area (TPSA) is 90.6 Å². The summed E-state index contributed by atoms with van der Waals surface area (Å²) >= 11 is 1.41. The predicted molar refractivity (Wildman–Crippen MR) is 115 cm³/mol. The smallest absolute Gasteiger partial charge is 0.255 e. The van der Waals surface area contributed by atoms with Crippen LogP contribution < -0.4 is 14.8 Å². The van der Waals surface area contributed by atoms with E-state index >= 15 is 0 Å². The molecular weight excluding hydrogens is 402 g/mol. The van der Waals surface area contributed by atoms with Crippen molar-refractivity contribution in [1.82, 2.24) is 19.8 Å². The van der Waals surface area contributed by atoms with Crippen LogP contribution in [0.3, 0.4) is 0 Å². The fourth-order valence-electron chi connectivity index (χ4n) is 2.81. The number of aromatic nitrogens is 4. The summed E-state index contributed by atoms with van der Waals surface area (Å²) in [5, 5.41) is 16.0. The molecule has 1 atom stereocenters. The first-order valence-electron chi connectivity index (χ1n) is 9.50. The van der Waals surface area contributed by atoms with Gasteiger partial charge in [-0.3, -0.25) is 4.79 Å². The van der Waals surface area contributed by atoms with E-state index < -0.39 is 0 Å². The molecule has 0 saturated carbocycles. The first-order valence-corrected chi connectivity index (χ1v) is 10.3. The van der Waals surface area contributed by atoms with Crippen molar-refractivity contribution in [3.05, 3.63) is 54.4 Å². The summed E-state index contributed by atoms with van der Waals surface area (Å²) in [6, 6.07) is 12.6. The highest BCUT2D eigenvalue weighted by Crippen LogP contribution is 2.33. The van der Waals surface area contributed by atoms with Gasteiger partial charge in [0.2, 0.25) is 4.96 Å². The number of hydrogen-bond donors (Lipinski definition) is 1. The number of carbonyl (C=O) groups is 1. The van der Waals surface area contributed by atoms with Gasteiger partial charge in [0.05, 0.1) is 18.9 Å². The van der Waals surface area contributed by atoms with E-state index in [0.717, 1.165) is 22.7 Å². The predicted octanol–water partition coefficient (Wildman–Crippen LogP) is 4.29. The lowest BCUT2D eigenvalue weighted by Crippen LogP contribution is -2.13. The SMILES string of the molecule is CC[C@@H](C)Oc1ccc(C(=O)Nc2cc(-c3nn4cnnc4s3)ccc2OC)cc1. The Balaban J connectivity index is 1.55. The molecule has 30 heavy (non-hydrogen) atoms. The van der Waals surface area contributed by atoms with Crippen LogP contribution in [-0.2, 0) is 0 Å². The molecule has 0 unspecified atom stereocenters. The van der Waals surface area contributed by atoms with Crippen molar-refractivity contribution in [2.45, 2.75) is 26.4 Å². The van der Waals surface area contributed by atoms with Crippen LogP contribution in [0.5, 0.6) is 11.5 Å². The molecule has 0 aliphatic rings. The second-order valence-electron chi connectivity index (χ2n) is 6.70. The van der Waals surface area contributed by atoms with Gasteiger partial charge in [-0.05, 0) is 55.8 Å². The minimum Gasteiger partial charge on any atom is -0.495 e. The normalized spacial score (nSPS) is 12.0. The number of methoxy groups -OCH3 is 1. The van der Waals surface area contributed by atoms with E-state index in [-0.39, 0.29) is 12.0 Å². The third kappa shape index (κ3) is 4.11. The van der Waals surface area contributed by atoms with Crippen LogP contribution in [-0.4, -0.2) is 38.9 Å². The molecule has 154 valence electrons. The van der Waals surface area contributed by atoms with Gasteiger partial charge < -0.3 is 14.8 Å². The van der Waals surface area contributed by atoms with Gasteiger partial charge in [0, 0.05) is 11.1 Å². The number of nitrogens with zero attached hydrogens (tertiary/aromatic N) is 4. The number of amides is 1. The summed E-state index contributed by atoms with van der Waals surface area (Å²) in [7, 11) is 1.56. The molecule has 0 saturated heterocycles. The zero-order valence-corrected chi connectivity index (χ0v) is 17.6. The van der Waals surface area contributed by atoms with Gasteiger partial charge in [0.1, 0.15) is 22.8 Å². The Morgan fingerprint density at radius 2 is 2.03 bits per heavy atom. The molecule has 9 heteroatoms. The highest BCUT2D eigenvalue weighted by molar-refractivity contribution is 7.19. The van der Waals surface area contributed by atoms with E-state index in [4.69, 9.17) is 9.47 Å². The molecule has 4 aromatic rings. The summed E-state index contributed by atoms with van der Waals surface area (Å²) in [5.74, 6) is 1.06. The standard InChI is InChI=1S/C21H21N5O3S/c1-4-13(2)29-16-8-5-14(6-9-16)19(27)23-17-11-15(7-10-18(17)28-3)20-25-26-12-22-24-21(26)30-20/h5-13H,4H2,1-3H3,(H,23,27)/t13-/m1/s1. The van der Waals surface area contributed by atoms with E-state index in [2.05, 4.69) is 27.5 Å². The lowest BCUT2D eigenvalue weighted by atomic mass is 10.1. The number of rotatable bonds is 7. The first-order chi connectivity index (χ1) is 14.6. The Bertz CT molecular complexity index is 1140. The third-order valence-electron chi connectivity index (χ3n) is 4.61. The molecule has 0 radical (unpaired) electrons. The molecule has 0 bridgehead atoms. The van der Waals surface area contributed by atoms with Crippen molar-refractivity contribution in [2.24, 2.45) is 0 Å². The fraction of sp³-hybridized carbons (Fsp3) is 0.238. The van der Waals surface area contributed by atoms with Gasteiger partial charge in [-0.2, -0.15) is 9.61 Å². The molecule has 0 spiro atoms. The number of benzene rings is 2. The van der Waals surface area contributed by atoms with Gasteiger partial charge in [-0.25, -0.2) is 0 Å². The van der Waals surface area contributed by atoms with Gasteiger partial charge in [0.15, 0.2) is 0 Å². The van der Waals surface area contributed by atoms with Crippen LogP contribution in [0.2, 0.25) is 0 Å². The Labute approximate surface area is 177 Å². The summed E-state index contributed by atoms with van der Waals surface area (Å²) < 4.78 is 12.8. The molecule has 4 rings (SSSR count). The molecule has 0 aliphatic heterocycles. The summed E-state index contributed by atoms with van der Waals surface area (Å²) in [5.41, 5.74) is 1.93. The van der Waals surface area contributed by atoms with Gasteiger partial charge in [0.25, 0.3) is 5.91 Å². The number of carbonyl (C=O) groups excluding carboxylic acids is 1. The first kappa shape index (κ1) is 19.8. The van der Waals surface area contributed by atoms with Crippen molar-refractivity contribution in [1.29, 1.82) is 0 Å². The summed E-state index contributed by atoms with van der Waals surface area (Å²) in [4.78, 5) is 13.5. The Hall–Kier alpha value is -3.46. The summed E-state index contributed by atoms with van der Waals surface area (Å²) in [6.07, 6.45) is 2.59. The maximum atomic E-state index is 12.8. The van der Waals surface area contributed by atoms with Crippen molar-refractivity contribution in [3.8, 4) is 22.1 Å². The zero-order valence-electron chi connectivity index (χ0n) is 16.8. The monoisotopic (exact) mass is 423 g/mol. The highest BCUT2D eigenvalue weighted by atomic mass is 32.1. The Morgan fingerprint density at radius 1 is 1.23 bits per heavy atom.